The van der Waals surface area contributed by atoms with Gasteiger partial charge in [-0.25, -0.2) is 0 Å². The second kappa shape index (κ2) is 8.03. The smallest absolute Gasteiger partial charge is 0.234 e. The van der Waals surface area contributed by atoms with Crippen LogP contribution in [-0.4, -0.2) is 32.1 Å². The fourth-order valence-corrected chi connectivity index (χ4v) is 2.21. The van der Waals surface area contributed by atoms with E-state index in [0.29, 0.717) is 25.6 Å². The monoisotopic (exact) mass is 290 g/mol. The van der Waals surface area contributed by atoms with Crippen molar-refractivity contribution in [3.8, 4) is 5.75 Å². The molecular formula is C17H26N2O2. The standard InChI is InChI=1S/C17H26N2O2/c1-13(2)15-5-3-4-6-16(15)21-10-9-19-17(20)12-18-11-14-7-8-14/h3-6,13-14,18H,7-12H2,1-2H3,(H,19,20). The molecule has 0 atom stereocenters. The van der Waals surface area contributed by atoms with Gasteiger partial charge in [0, 0.05) is 0 Å². The highest BCUT2D eigenvalue weighted by molar-refractivity contribution is 5.77. The Bertz CT molecular complexity index is 456. The van der Waals surface area contributed by atoms with Crippen LogP contribution in [0.4, 0.5) is 0 Å². The second-order valence-corrected chi connectivity index (χ2v) is 5.97. The van der Waals surface area contributed by atoms with Crippen molar-refractivity contribution in [1.82, 2.24) is 10.6 Å². The average Bonchev–Trinajstić information content (AvgIpc) is 3.28. The number of ether oxygens (including phenoxy) is 1. The highest BCUT2D eigenvalue weighted by Gasteiger charge is 2.20. The molecule has 1 aliphatic carbocycles. The zero-order valence-electron chi connectivity index (χ0n) is 13.0. The van der Waals surface area contributed by atoms with Crippen molar-refractivity contribution in [2.24, 2.45) is 5.92 Å². The van der Waals surface area contributed by atoms with E-state index in [1.54, 1.807) is 0 Å². The van der Waals surface area contributed by atoms with Gasteiger partial charge in [0.2, 0.25) is 5.91 Å². The van der Waals surface area contributed by atoms with E-state index in [9.17, 15) is 4.79 Å². The molecule has 1 aromatic rings. The Balaban J connectivity index is 1.61. The molecule has 0 saturated heterocycles. The predicted octanol–water partition coefficient (Wildman–Crippen LogP) is 2.30. The zero-order valence-corrected chi connectivity index (χ0v) is 13.0. The largest absolute Gasteiger partial charge is 0.491 e. The second-order valence-electron chi connectivity index (χ2n) is 5.97. The SMILES string of the molecule is CC(C)c1ccccc1OCCNC(=O)CNCC1CC1. The Labute approximate surface area is 127 Å². The Hall–Kier alpha value is -1.55. The van der Waals surface area contributed by atoms with Crippen LogP contribution in [0.2, 0.25) is 0 Å². The number of benzene rings is 1. The van der Waals surface area contributed by atoms with E-state index in [0.717, 1.165) is 18.2 Å². The van der Waals surface area contributed by atoms with Crippen molar-refractivity contribution in [1.29, 1.82) is 0 Å². The van der Waals surface area contributed by atoms with Crippen molar-refractivity contribution < 1.29 is 9.53 Å². The molecule has 1 aromatic carbocycles. The molecule has 2 rings (SSSR count). The van der Waals surface area contributed by atoms with Gasteiger partial charge in [-0.3, -0.25) is 4.79 Å². The third kappa shape index (κ3) is 5.76. The van der Waals surface area contributed by atoms with Gasteiger partial charge in [-0.2, -0.15) is 0 Å². The van der Waals surface area contributed by atoms with Crippen molar-refractivity contribution in [2.75, 3.05) is 26.2 Å². The van der Waals surface area contributed by atoms with E-state index in [1.807, 2.05) is 18.2 Å². The van der Waals surface area contributed by atoms with E-state index < -0.39 is 0 Å². The fraction of sp³-hybridized carbons (Fsp3) is 0.588. The number of para-hydroxylation sites is 1. The highest BCUT2D eigenvalue weighted by atomic mass is 16.5. The van der Waals surface area contributed by atoms with E-state index in [1.165, 1.54) is 18.4 Å². The van der Waals surface area contributed by atoms with Gasteiger partial charge in [0.05, 0.1) is 13.1 Å². The van der Waals surface area contributed by atoms with Crippen LogP contribution in [0.3, 0.4) is 0 Å². The lowest BCUT2D eigenvalue weighted by molar-refractivity contribution is -0.120. The summed E-state index contributed by atoms with van der Waals surface area (Å²) in [6.45, 7) is 6.70. The first kappa shape index (κ1) is 15.8. The Morgan fingerprint density at radius 1 is 1.33 bits per heavy atom. The molecule has 0 heterocycles. The van der Waals surface area contributed by atoms with Gasteiger partial charge in [-0.05, 0) is 42.9 Å². The van der Waals surface area contributed by atoms with Gasteiger partial charge in [0.1, 0.15) is 12.4 Å². The van der Waals surface area contributed by atoms with Crippen LogP contribution >= 0.6 is 0 Å². The summed E-state index contributed by atoms with van der Waals surface area (Å²) in [5, 5.41) is 6.05. The Morgan fingerprint density at radius 3 is 2.81 bits per heavy atom. The van der Waals surface area contributed by atoms with Crippen molar-refractivity contribution in [2.45, 2.75) is 32.6 Å². The number of rotatable bonds is 9. The summed E-state index contributed by atoms with van der Waals surface area (Å²) in [5.74, 6) is 2.18. The van der Waals surface area contributed by atoms with Crippen LogP contribution in [0.25, 0.3) is 0 Å². The third-order valence-electron chi connectivity index (χ3n) is 3.64. The number of hydrogen-bond acceptors (Lipinski definition) is 3. The molecule has 0 radical (unpaired) electrons. The normalized spacial score (nSPS) is 14.2. The Kier molecular flexibility index (Phi) is 6.05. The summed E-state index contributed by atoms with van der Waals surface area (Å²) in [6, 6.07) is 8.06. The van der Waals surface area contributed by atoms with E-state index >= 15 is 0 Å². The molecule has 0 aliphatic heterocycles. The van der Waals surface area contributed by atoms with Crippen molar-refractivity contribution >= 4 is 5.91 Å². The molecule has 1 amide bonds. The number of amides is 1. The summed E-state index contributed by atoms with van der Waals surface area (Å²) in [7, 11) is 0. The van der Waals surface area contributed by atoms with E-state index in [4.69, 9.17) is 4.74 Å². The maximum absolute atomic E-state index is 11.6. The van der Waals surface area contributed by atoms with Crippen molar-refractivity contribution in [3.05, 3.63) is 29.8 Å². The topological polar surface area (TPSA) is 50.4 Å². The lowest BCUT2D eigenvalue weighted by atomic mass is 10.0. The lowest BCUT2D eigenvalue weighted by Gasteiger charge is -2.14. The van der Waals surface area contributed by atoms with Gasteiger partial charge in [0.15, 0.2) is 0 Å². The van der Waals surface area contributed by atoms with Crippen LogP contribution in [0, 0.1) is 5.92 Å². The minimum absolute atomic E-state index is 0.0383. The van der Waals surface area contributed by atoms with Gasteiger partial charge >= 0.3 is 0 Å². The minimum atomic E-state index is 0.0383. The fourth-order valence-electron chi connectivity index (χ4n) is 2.21. The van der Waals surface area contributed by atoms with Crippen molar-refractivity contribution in [3.63, 3.8) is 0 Å². The van der Waals surface area contributed by atoms with Gasteiger partial charge in [0.25, 0.3) is 0 Å². The number of carbonyl (C=O) groups excluding carboxylic acids is 1. The molecule has 0 spiro atoms. The van der Waals surface area contributed by atoms with E-state index in [-0.39, 0.29) is 5.91 Å². The summed E-state index contributed by atoms with van der Waals surface area (Å²) in [4.78, 5) is 11.6. The van der Waals surface area contributed by atoms with Crippen LogP contribution in [0.15, 0.2) is 24.3 Å². The van der Waals surface area contributed by atoms with Gasteiger partial charge in [-0.1, -0.05) is 32.0 Å². The number of hydrogen-bond donors (Lipinski definition) is 2. The van der Waals surface area contributed by atoms with Crippen LogP contribution in [0.5, 0.6) is 5.75 Å². The first-order valence-electron chi connectivity index (χ1n) is 7.86. The van der Waals surface area contributed by atoms with E-state index in [2.05, 4.69) is 30.5 Å². The molecule has 21 heavy (non-hydrogen) atoms. The molecule has 0 aromatic heterocycles. The van der Waals surface area contributed by atoms with Gasteiger partial charge < -0.3 is 15.4 Å². The highest BCUT2D eigenvalue weighted by Crippen LogP contribution is 2.27. The van der Waals surface area contributed by atoms with Crippen LogP contribution in [-0.2, 0) is 4.79 Å². The summed E-state index contributed by atoms with van der Waals surface area (Å²) in [5.41, 5.74) is 1.20. The molecule has 1 saturated carbocycles. The summed E-state index contributed by atoms with van der Waals surface area (Å²) >= 11 is 0. The van der Waals surface area contributed by atoms with Gasteiger partial charge in [-0.15, -0.1) is 0 Å². The third-order valence-corrected chi connectivity index (χ3v) is 3.64. The average molecular weight is 290 g/mol. The first-order valence-corrected chi connectivity index (χ1v) is 7.86. The maximum Gasteiger partial charge on any atom is 0.234 e. The molecule has 2 N–H and O–H groups in total. The molecule has 4 heteroatoms. The maximum atomic E-state index is 11.6. The quantitative estimate of drug-likeness (QED) is 0.686. The lowest BCUT2D eigenvalue weighted by Crippen LogP contribution is -2.36. The zero-order chi connectivity index (χ0) is 15.1. The molecule has 4 nitrogen and oxygen atoms in total. The molecular weight excluding hydrogens is 264 g/mol. The molecule has 1 aliphatic rings. The molecule has 1 fully saturated rings. The molecule has 116 valence electrons. The Morgan fingerprint density at radius 2 is 2.10 bits per heavy atom. The molecule has 0 bridgehead atoms. The minimum Gasteiger partial charge on any atom is -0.491 e. The summed E-state index contributed by atoms with van der Waals surface area (Å²) in [6.07, 6.45) is 2.61. The van der Waals surface area contributed by atoms with Crippen LogP contribution < -0.4 is 15.4 Å². The number of nitrogens with one attached hydrogen (secondary N) is 2. The first-order chi connectivity index (χ1) is 10.2. The van der Waals surface area contributed by atoms with Crippen LogP contribution in [0.1, 0.15) is 38.2 Å². The number of carbonyl (C=O) groups is 1. The summed E-state index contributed by atoms with van der Waals surface area (Å²) < 4.78 is 5.77. The predicted molar refractivity (Wildman–Crippen MR) is 84.6 cm³/mol. The molecule has 0 unspecified atom stereocenters.